The molecule has 0 unspecified atom stereocenters. The molecule has 0 spiro atoms. The van der Waals surface area contributed by atoms with Crippen LogP contribution < -0.4 is 11.1 Å². The molecule has 90 valence electrons. The second-order valence-corrected chi connectivity index (χ2v) is 4.51. The van der Waals surface area contributed by atoms with Gasteiger partial charge in [0.25, 0.3) is 0 Å². The van der Waals surface area contributed by atoms with Crippen LogP contribution >= 0.6 is 0 Å². The van der Waals surface area contributed by atoms with Gasteiger partial charge in [-0.1, -0.05) is 31.6 Å². The fraction of sp³-hybridized carbons (Fsp3) is 0.769. The van der Waals surface area contributed by atoms with E-state index in [1.54, 1.807) is 6.92 Å². The van der Waals surface area contributed by atoms with E-state index in [1.165, 1.54) is 12.8 Å². The lowest BCUT2D eigenvalue weighted by Crippen LogP contribution is -2.45. The van der Waals surface area contributed by atoms with Crippen molar-refractivity contribution in [3.63, 3.8) is 0 Å². The number of hydrogen-bond donors (Lipinski definition) is 2. The summed E-state index contributed by atoms with van der Waals surface area (Å²) in [5.74, 6) is 5.72. The second kappa shape index (κ2) is 6.55. The normalized spacial score (nSPS) is 19.1. The maximum atomic E-state index is 12.1. The third-order valence-electron chi connectivity index (χ3n) is 3.45. The Morgan fingerprint density at radius 2 is 1.94 bits per heavy atom. The van der Waals surface area contributed by atoms with Gasteiger partial charge in [0, 0.05) is 6.54 Å². The van der Waals surface area contributed by atoms with Gasteiger partial charge in [-0.2, -0.15) is 0 Å². The van der Waals surface area contributed by atoms with E-state index in [9.17, 15) is 4.79 Å². The first kappa shape index (κ1) is 13.1. The van der Waals surface area contributed by atoms with Crippen LogP contribution in [0.25, 0.3) is 0 Å². The Morgan fingerprint density at radius 1 is 1.31 bits per heavy atom. The molecular weight excluding hydrogens is 200 g/mol. The van der Waals surface area contributed by atoms with Gasteiger partial charge in [-0.05, 0) is 19.8 Å². The molecule has 0 aromatic rings. The molecule has 0 saturated heterocycles. The molecule has 1 amide bonds. The van der Waals surface area contributed by atoms with Gasteiger partial charge in [0.2, 0.25) is 5.91 Å². The fourth-order valence-corrected chi connectivity index (χ4v) is 2.33. The molecule has 0 aromatic heterocycles. The Labute approximate surface area is 98.2 Å². The fourth-order valence-electron chi connectivity index (χ4n) is 2.33. The number of hydrogen-bond acceptors (Lipinski definition) is 2. The molecule has 1 fully saturated rings. The van der Waals surface area contributed by atoms with E-state index >= 15 is 0 Å². The predicted octanol–water partition coefficient (Wildman–Crippen LogP) is 1.43. The minimum Gasteiger partial charge on any atom is -0.345 e. The van der Waals surface area contributed by atoms with Gasteiger partial charge in [0.15, 0.2) is 0 Å². The summed E-state index contributed by atoms with van der Waals surface area (Å²) in [6.07, 6.45) is 6.53. The summed E-state index contributed by atoms with van der Waals surface area (Å²) in [6.45, 7) is 2.67. The first-order chi connectivity index (χ1) is 7.75. The second-order valence-electron chi connectivity index (χ2n) is 4.51. The SMILES string of the molecule is CC#CCNC(=O)C1(CN)CCCCCC1. The van der Waals surface area contributed by atoms with Gasteiger partial charge in [-0.3, -0.25) is 4.79 Å². The number of amides is 1. The van der Waals surface area contributed by atoms with E-state index in [2.05, 4.69) is 17.2 Å². The average molecular weight is 222 g/mol. The maximum Gasteiger partial charge on any atom is 0.228 e. The van der Waals surface area contributed by atoms with E-state index in [0.29, 0.717) is 13.1 Å². The molecule has 0 atom stereocenters. The zero-order valence-electron chi connectivity index (χ0n) is 10.1. The molecular formula is C13H22N2O. The average Bonchev–Trinajstić information content (AvgIpc) is 2.55. The van der Waals surface area contributed by atoms with Crippen LogP contribution in [-0.2, 0) is 4.79 Å². The molecule has 0 aliphatic heterocycles. The van der Waals surface area contributed by atoms with Crippen LogP contribution in [0.15, 0.2) is 0 Å². The molecule has 16 heavy (non-hydrogen) atoms. The lowest BCUT2D eigenvalue weighted by Gasteiger charge is -2.29. The number of nitrogens with one attached hydrogen (secondary N) is 1. The zero-order chi connectivity index (χ0) is 11.9. The van der Waals surface area contributed by atoms with Gasteiger partial charge in [0.05, 0.1) is 12.0 Å². The Hall–Kier alpha value is -1.01. The lowest BCUT2D eigenvalue weighted by molar-refractivity contribution is -0.131. The van der Waals surface area contributed by atoms with E-state index in [-0.39, 0.29) is 11.3 Å². The standard InChI is InChI=1S/C13H22N2O/c1-2-3-10-15-12(16)13(11-14)8-6-4-5-7-9-13/h4-11,14H2,1H3,(H,15,16). The number of carbonyl (C=O) groups excluding carboxylic acids is 1. The van der Waals surface area contributed by atoms with Crippen molar-refractivity contribution in [2.45, 2.75) is 45.4 Å². The molecule has 0 radical (unpaired) electrons. The number of nitrogens with two attached hydrogens (primary N) is 1. The summed E-state index contributed by atoms with van der Waals surface area (Å²) < 4.78 is 0. The van der Waals surface area contributed by atoms with Crippen LogP contribution in [0, 0.1) is 17.3 Å². The minimum absolute atomic E-state index is 0.0969. The van der Waals surface area contributed by atoms with Crippen molar-refractivity contribution in [1.82, 2.24) is 5.32 Å². The van der Waals surface area contributed by atoms with E-state index in [4.69, 9.17) is 5.73 Å². The third-order valence-corrected chi connectivity index (χ3v) is 3.45. The number of carbonyl (C=O) groups is 1. The smallest absolute Gasteiger partial charge is 0.228 e. The summed E-state index contributed by atoms with van der Waals surface area (Å²) in [7, 11) is 0. The highest BCUT2D eigenvalue weighted by molar-refractivity contribution is 5.83. The molecule has 3 nitrogen and oxygen atoms in total. The highest BCUT2D eigenvalue weighted by atomic mass is 16.2. The van der Waals surface area contributed by atoms with Gasteiger partial charge in [0.1, 0.15) is 0 Å². The molecule has 0 heterocycles. The van der Waals surface area contributed by atoms with Crippen LogP contribution in [0.5, 0.6) is 0 Å². The van der Waals surface area contributed by atoms with Gasteiger partial charge in [-0.25, -0.2) is 0 Å². The topological polar surface area (TPSA) is 55.1 Å². The Bertz CT molecular complexity index is 280. The predicted molar refractivity (Wildman–Crippen MR) is 65.6 cm³/mol. The van der Waals surface area contributed by atoms with Crippen molar-refractivity contribution >= 4 is 5.91 Å². The quantitative estimate of drug-likeness (QED) is 0.560. The first-order valence-corrected chi connectivity index (χ1v) is 6.13. The van der Waals surface area contributed by atoms with Crippen molar-refractivity contribution < 1.29 is 4.79 Å². The van der Waals surface area contributed by atoms with Crippen LogP contribution in [0.4, 0.5) is 0 Å². The van der Waals surface area contributed by atoms with Crippen LogP contribution in [-0.4, -0.2) is 19.0 Å². The van der Waals surface area contributed by atoms with Gasteiger partial charge in [-0.15, -0.1) is 5.92 Å². The summed E-state index contributed by atoms with van der Waals surface area (Å²) >= 11 is 0. The minimum atomic E-state index is -0.327. The third kappa shape index (κ3) is 3.24. The summed E-state index contributed by atoms with van der Waals surface area (Å²) in [5.41, 5.74) is 5.49. The molecule has 0 aromatic carbocycles. The molecule has 3 heteroatoms. The van der Waals surface area contributed by atoms with Crippen LogP contribution in [0.2, 0.25) is 0 Å². The van der Waals surface area contributed by atoms with E-state index in [0.717, 1.165) is 25.7 Å². The largest absolute Gasteiger partial charge is 0.345 e. The van der Waals surface area contributed by atoms with Gasteiger partial charge < -0.3 is 11.1 Å². The molecule has 1 aliphatic carbocycles. The van der Waals surface area contributed by atoms with Crippen LogP contribution in [0.1, 0.15) is 45.4 Å². The van der Waals surface area contributed by atoms with E-state index in [1.807, 2.05) is 0 Å². The van der Waals surface area contributed by atoms with Crippen molar-refractivity contribution in [2.75, 3.05) is 13.1 Å². The molecule has 1 aliphatic rings. The lowest BCUT2D eigenvalue weighted by atomic mass is 9.79. The molecule has 1 saturated carbocycles. The summed E-state index contributed by atoms with van der Waals surface area (Å²) in [5, 5.41) is 2.88. The molecule has 3 N–H and O–H groups in total. The Balaban J connectivity index is 2.60. The monoisotopic (exact) mass is 222 g/mol. The van der Waals surface area contributed by atoms with E-state index < -0.39 is 0 Å². The van der Waals surface area contributed by atoms with Crippen molar-refractivity contribution in [1.29, 1.82) is 0 Å². The van der Waals surface area contributed by atoms with Crippen molar-refractivity contribution in [3.05, 3.63) is 0 Å². The first-order valence-electron chi connectivity index (χ1n) is 6.13. The highest BCUT2D eigenvalue weighted by Gasteiger charge is 2.36. The van der Waals surface area contributed by atoms with Crippen molar-refractivity contribution in [2.24, 2.45) is 11.1 Å². The Morgan fingerprint density at radius 3 is 2.44 bits per heavy atom. The highest BCUT2D eigenvalue weighted by Crippen LogP contribution is 2.34. The molecule has 0 bridgehead atoms. The maximum absolute atomic E-state index is 12.1. The summed E-state index contributed by atoms with van der Waals surface area (Å²) in [4.78, 5) is 12.1. The zero-order valence-corrected chi connectivity index (χ0v) is 10.1. The summed E-state index contributed by atoms with van der Waals surface area (Å²) in [6, 6.07) is 0. The molecule has 1 rings (SSSR count). The van der Waals surface area contributed by atoms with Crippen LogP contribution in [0.3, 0.4) is 0 Å². The number of rotatable bonds is 3. The van der Waals surface area contributed by atoms with Crippen molar-refractivity contribution in [3.8, 4) is 11.8 Å². The van der Waals surface area contributed by atoms with Gasteiger partial charge >= 0.3 is 0 Å². The Kier molecular flexibility index (Phi) is 5.34.